The molecule has 1 atom stereocenters. The Hall–Kier alpha value is -2.29. The van der Waals surface area contributed by atoms with Gasteiger partial charge in [-0.2, -0.15) is 0 Å². The van der Waals surface area contributed by atoms with Gasteiger partial charge in [0.2, 0.25) is 5.91 Å². The number of nitrogens with one attached hydrogen (secondary N) is 1. The van der Waals surface area contributed by atoms with Crippen LogP contribution in [-0.4, -0.2) is 5.91 Å². The Labute approximate surface area is 138 Å². The summed E-state index contributed by atoms with van der Waals surface area (Å²) in [5, 5.41) is 3.18. The highest BCUT2D eigenvalue weighted by Gasteiger charge is 2.19. The first kappa shape index (κ1) is 17.1. The maximum atomic E-state index is 12.4. The first-order valence-electron chi connectivity index (χ1n) is 8.17. The third-order valence-corrected chi connectivity index (χ3v) is 4.18. The van der Waals surface area contributed by atoms with Crippen molar-refractivity contribution in [3.05, 3.63) is 65.2 Å². The lowest BCUT2D eigenvalue weighted by Gasteiger charge is -2.24. The van der Waals surface area contributed by atoms with E-state index in [9.17, 15) is 4.79 Å². The van der Waals surface area contributed by atoms with E-state index in [1.54, 1.807) is 0 Å². The van der Waals surface area contributed by atoms with Crippen molar-refractivity contribution in [2.45, 2.75) is 39.7 Å². The SMILES string of the molecule is Cc1ccccc1C(NC(=O)CCc1ccccc1N)C(C)C. The zero-order valence-electron chi connectivity index (χ0n) is 14.2. The van der Waals surface area contributed by atoms with E-state index in [2.05, 4.69) is 38.2 Å². The molecule has 0 radical (unpaired) electrons. The summed E-state index contributed by atoms with van der Waals surface area (Å²) < 4.78 is 0. The molecule has 2 aromatic carbocycles. The minimum atomic E-state index is 0.0387. The maximum absolute atomic E-state index is 12.4. The lowest BCUT2D eigenvalue weighted by molar-refractivity contribution is -0.122. The van der Waals surface area contributed by atoms with Crippen molar-refractivity contribution in [2.75, 3.05) is 5.73 Å². The average molecular weight is 310 g/mol. The van der Waals surface area contributed by atoms with Crippen molar-refractivity contribution >= 4 is 11.6 Å². The van der Waals surface area contributed by atoms with Crippen molar-refractivity contribution in [3.63, 3.8) is 0 Å². The number of nitrogens with two attached hydrogens (primary N) is 1. The third kappa shape index (κ3) is 4.59. The van der Waals surface area contributed by atoms with E-state index in [0.29, 0.717) is 18.8 Å². The predicted molar refractivity (Wildman–Crippen MR) is 96.1 cm³/mol. The van der Waals surface area contributed by atoms with Gasteiger partial charge in [-0.1, -0.05) is 56.3 Å². The van der Waals surface area contributed by atoms with Gasteiger partial charge in [0.15, 0.2) is 0 Å². The Kier molecular flexibility index (Phi) is 5.80. The molecule has 0 aromatic heterocycles. The number of rotatable bonds is 6. The first-order valence-corrected chi connectivity index (χ1v) is 8.17. The van der Waals surface area contributed by atoms with Gasteiger partial charge in [-0.05, 0) is 42.0 Å². The van der Waals surface area contributed by atoms with Gasteiger partial charge < -0.3 is 11.1 Å². The number of hydrogen-bond acceptors (Lipinski definition) is 2. The molecule has 1 unspecified atom stereocenters. The summed E-state index contributed by atoms with van der Waals surface area (Å²) in [6.07, 6.45) is 1.11. The van der Waals surface area contributed by atoms with Crippen LogP contribution in [0.4, 0.5) is 5.69 Å². The van der Waals surface area contributed by atoms with E-state index in [1.807, 2.05) is 36.4 Å². The molecule has 0 saturated heterocycles. The zero-order chi connectivity index (χ0) is 16.8. The van der Waals surface area contributed by atoms with Gasteiger partial charge in [-0.25, -0.2) is 0 Å². The topological polar surface area (TPSA) is 55.1 Å². The van der Waals surface area contributed by atoms with Crippen LogP contribution < -0.4 is 11.1 Å². The van der Waals surface area contributed by atoms with E-state index >= 15 is 0 Å². The van der Waals surface area contributed by atoms with Crippen LogP contribution in [-0.2, 0) is 11.2 Å². The molecule has 0 bridgehead atoms. The lowest BCUT2D eigenvalue weighted by Crippen LogP contribution is -2.32. The molecule has 3 heteroatoms. The Morgan fingerprint density at radius 3 is 2.39 bits per heavy atom. The lowest BCUT2D eigenvalue weighted by atomic mass is 9.92. The van der Waals surface area contributed by atoms with Gasteiger partial charge in [0.05, 0.1) is 6.04 Å². The summed E-state index contributed by atoms with van der Waals surface area (Å²) in [7, 11) is 0. The van der Waals surface area contributed by atoms with Gasteiger partial charge in [0, 0.05) is 12.1 Å². The van der Waals surface area contributed by atoms with Crippen molar-refractivity contribution < 1.29 is 4.79 Å². The Morgan fingerprint density at radius 2 is 1.74 bits per heavy atom. The molecule has 0 aliphatic heterocycles. The fourth-order valence-electron chi connectivity index (χ4n) is 2.79. The van der Waals surface area contributed by atoms with Crippen LogP contribution in [0.15, 0.2) is 48.5 Å². The number of hydrogen-bond donors (Lipinski definition) is 2. The number of para-hydroxylation sites is 1. The molecule has 0 spiro atoms. The molecule has 2 rings (SSSR count). The molecule has 0 saturated carbocycles. The largest absolute Gasteiger partial charge is 0.399 e. The smallest absolute Gasteiger partial charge is 0.220 e. The van der Waals surface area contributed by atoms with E-state index in [4.69, 9.17) is 5.73 Å². The number of carbonyl (C=O) groups is 1. The summed E-state index contributed by atoms with van der Waals surface area (Å²) in [6.45, 7) is 6.35. The second-order valence-electron chi connectivity index (χ2n) is 6.34. The Balaban J connectivity index is 2.02. The van der Waals surface area contributed by atoms with Crippen molar-refractivity contribution in [1.29, 1.82) is 0 Å². The first-order chi connectivity index (χ1) is 11.0. The van der Waals surface area contributed by atoms with Crippen LogP contribution in [0.2, 0.25) is 0 Å². The van der Waals surface area contributed by atoms with E-state index in [0.717, 1.165) is 11.3 Å². The van der Waals surface area contributed by atoms with Crippen LogP contribution in [0.5, 0.6) is 0 Å². The van der Waals surface area contributed by atoms with Crippen LogP contribution >= 0.6 is 0 Å². The van der Waals surface area contributed by atoms with Crippen LogP contribution in [0.1, 0.15) is 43.0 Å². The minimum Gasteiger partial charge on any atom is -0.399 e. The highest BCUT2D eigenvalue weighted by atomic mass is 16.1. The highest BCUT2D eigenvalue weighted by molar-refractivity contribution is 5.77. The fraction of sp³-hybridized carbons (Fsp3) is 0.350. The number of benzene rings is 2. The minimum absolute atomic E-state index is 0.0387. The molecule has 0 fully saturated rings. The second-order valence-corrected chi connectivity index (χ2v) is 6.34. The standard InChI is InChI=1S/C20H26N2O/c1-14(2)20(17-10-6-4-8-15(17)3)22-19(23)13-12-16-9-5-7-11-18(16)21/h4-11,14,20H,12-13,21H2,1-3H3,(H,22,23). The monoisotopic (exact) mass is 310 g/mol. The molecular weight excluding hydrogens is 284 g/mol. The van der Waals surface area contributed by atoms with Crippen molar-refractivity contribution in [2.24, 2.45) is 5.92 Å². The number of aryl methyl sites for hydroxylation is 2. The molecule has 2 aromatic rings. The van der Waals surface area contributed by atoms with Crippen LogP contribution in [0.25, 0.3) is 0 Å². The Morgan fingerprint density at radius 1 is 1.09 bits per heavy atom. The van der Waals surface area contributed by atoms with Crippen molar-refractivity contribution in [1.82, 2.24) is 5.32 Å². The average Bonchev–Trinajstić information content (AvgIpc) is 2.52. The van der Waals surface area contributed by atoms with Gasteiger partial charge >= 0.3 is 0 Å². The molecule has 0 aliphatic rings. The summed E-state index contributed by atoms with van der Waals surface area (Å²) in [5.41, 5.74) is 10.1. The summed E-state index contributed by atoms with van der Waals surface area (Å²) in [6, 6.07) is 16.0. The number of amides is 1. The van der Waals surface area contributed by atoms with Crippen molar-refractivity contribution in [3.8, 4) is 0 Å². The number of nitrogen functional groups attached to an aromatic ring is 1. The zero-order valence-corrected chi connectivity index (χ0v) is 14.2. The molecule has 3 nitrogen and oxygen atoms in total. The summed E-state index contributed by atoms with van der Waals surface area (Å²) >= 11 is 0. The maximum Gasteiger partial charge on any atom is 0.220 e. The van der Waals surface area contributed by atoms with E-state index < -0.39 is 0 Å². The van der Waals surface area contributed by atoms with Crippen LogP contribution in [0, 0.1) is 12.8 Å². The van der Waals surface area contributed by atoms with Gasteiger partial charge in [-0.15, -0.1) is 0 Å². The number of anilines is 1. The van der Waals surface area contributed by atoms with Crippen LogP contribution in [0.3, 0.4) is 0 Å². The van der Waals surface area contributed by atoms with E-state index in [-0.39, 0.29) is 11.9 Å². The summed E-state index contributed by atoms with van der Waals surface area (Å²) in [5.74, 6) is 0.400. The quantitative estimate of drug-likeness (QED) is 0.792. The molecular formula is C20H26N2O. The highest BCUT2D eigenvalue weighted by Crippen LogP contribution is 2.24. The molecule has 0 aliphatic carbocycles. The third-order valence-electron chi connectivity index (χ3n) is 4.18. The fourth-order valence-corrected chi connectivity index (χ4v) is 2.79. The van der Waals surface area contributed by atoms with E-state index in [1.165, 1.54) is 11.1 Å². The molecule has 122 valence electrons. The van der Waals surface area contributed by atoms with Gasteiger partial charge in [-0.3, -0.25) is 4.79 Å². The predicted octanol–water partition coefficient (Wildman–Crippen LogP) is 4.02. The molecule has 23 heavy (non-hydrogen) atoms. The Bertz CT molecular complexity index is 664. The normalized spacial score (nSPS) is 12.2. The molecule has 1 amide bonds. The van der Waals surface area contributed by atoms with Gasteiger partial charge in [0.1, 0.15) is 0 Å². The molecule has 0 heterocycles. The summed E-state index contributed by atoms with van der Waals surface area (Å²) in [4.78, 5) is 12.4. The molecule has 3 N–H and O–H groups in total. The number of carbonyl (C=O) groups excluding carboxylic acids is 1. The second kappa shape index (κ2) is 7.82. The van der Waals surface area contributed by atoms with Gasteiger partial charge in [0.25, 0.3) is 0 Å².